The standard InChI is InChI=1S/C9H13N3/c1-3-7-5-4-6-12-8(7)9(10)11-2/h3-4,6-7H,1,5H2,2H3,(H2,10,11). The molecular formula is C9H13N3. The molecule has 0 bridgehead atoms. The molecular weight excluding hydrogens is 150 g/mol. The number of hydrogen-bond donors (Lipinski definition) is 1. The van der Waals surface area contributed by atoms with Crippen LogP contribution in [0.4, 0.5) is 0 Å². The number of nitrogens with zero attached hydrogens (tertiary/aromatic N) is 2. The Hall–Kier alpha value is -1.38. The molecule has 1 rings (SSSR count). The molecule has 0 aromatic heterocycles. The van der Waals surface area contributed by atoms with E-state index < -0.39 is 0 Å². The minimum Gasteiger partial charge on any atom is -0.382 e. The average Bonchev–Trinajstić information content (AvgIpc) is 2.16. The van der Waals surface area contributed by atoms with Gasteiger partial charge in [-0.3, -0.25) is 9.98 Å². The van der Waals surface area contributed by atoms with E-state index in [0.717, 1.165) is 12.1 Å². The highest BCUT2D eigenvalue weighted by Crippen LogP contribution is 2.13. The van der Waals surface area contributed by atoms with E-state index >= 15 is 0 Å². The van der Waals surface area contributed by atoms with Crippen LogP contribution < -0.4 is 5.73 Å². The van der Waals surface area contributed by atoms with Gasteiger partial charge in [0.1, 0.15) is 5.84 Å². The molecule has 12 heavy (non-hydrogen) atoms. The van der Waals surface area contributed by atoms with Crippen molar-refractivity contribution in [1.29, 1.82) is 0 Å². The molecule has 3 nitrogen and oxygen atoms in total. The summed E-state index contributed by atoms with van der Waals surface area (Å²) < 4.78 is 0. The topological polar surface area (TPSA) is 50.7 Å². The molecule has 1 aliphatic rings. The normalized spacial score (nSPS) is 23.6. The van der Waals surface area contributed by atoms with Gasteiger partial charge in [-0.05, 0) is 6.42 Å². The van der Waals surface area contributed by atoms with E-state index in [1.54, 1.807) is 13.2 Å². The molecule has 0 saturated carbocycles. The predicted octanol–water partition coefficient (Wildman–Crippen LogP) is 1.13. The average molecular weight is 163 g/mol. The van der Waals surface area contributed by atoms with Crippen LogP contribution in [-0.4, -0.2) is 18.6 Å². The number of amidine groups is 1. The summed E-state index contributed by atoms with van der Waals surface area (Å²) in [7, 11) is 1.66. The van der Waals surface area contributed by atoms with E-state index in [4.69, 9.17) is 5.73 Å². The predicted molar refractivity (Wildman–Crippen MR) is 52.4 cm³/mol. The number of hydrogen-bond acceptors (Lipinski definition) is 2. The summed E-state index contributed by atoms with van der Waals surface area (Å²) in [5, 5.41) is 0. The molecule has 0 amide bonds. The van der Waals surface area contributed by atoms with Crippen LogP contribution in [0.5, 0.6) is 0 Å². The smallest absolute Gasteiger partial charge is 0.140 e. The lowest BCUT2D eigenvalue weighted by Crippen LogP contribution is -2.30. The molecule has 1 atom stereocenters. The zero-order chi connectivity index (χ0) is 8.97. The van der Waals surface area contributed by atoms with Crippen molar-refractivity contribution in [3.8, 4) is 0 Å². The Morgan fingerprint density at radius 3 is 3.25 bits per heavy atom. The van der Waals surface area contributed by atoms with Gasteiger partial charge in [0.15, 0.2) is 0 Å². The first-order valence-electron chi connectivity index (χ1n) is 3.87. The fourth-order valence-corrected chi connectivity index (χ4v) is 1.13. The molecule has 64 valence electrons. The molecule has 0 fully saturated rings. The number of aliphatic imine (C=N–C) groups is 2. The second-order valence-corrected chi connectivity index (χ2v) is 2.59. The van der Waals surface area contributed by atoms with Crippen LogP contribution in [0, 0.1) is 5.92 Å². The van der Waals surface area contributed by atoms with Gasteiger partial charge in [-0.1, -0.05) is 12.2 Å². The Bertz CT molecular complexity index is 261. The van der Waals surface area contributed by atoms with Crippen molar-refractivity contribution in [2.75, 3.05) is 7.05 Å². The maximum absolute atomic E-state index is 5.65. The van der Waals surface area contributed by atoms with Crippen molar-refractivity contribution >= 4 is 11.5 Å². The lowest BCUT2D eigenvalue weighted by atomic mass is 9.97. The lowest BCUT2D eigenvalue weighted by molar-refractivity contribution is 0.871. The molecule has 1 heterocycles. The molecule has 0 spiro atoms. The van der Waals surface area contributed by atoms with E-state index in [2.05, 4.69) is 16.6 Å². The third-order valence-electron chi connectivity index (χ3n) is 1.85. The van der Waals surface area contributed by atoms with E-state index in [9.17, 15) is 0 Å². The minimum absolute atomic E-state index is 0.221. The van der Waals surface area contributed by atoms with Crippen molar-refractivity contribution < 1.29 is 0 Å². The van der Waals surface area contributed by atoms with Gasteiger partial charge >= 0.3 is 0 Å². The molecule has 0 aliphatic carbocycles. The summed E-state index contributed by atoms with van der Waals surface area (Å²) in [5.74, 6) is 0.725. The highest BCUT2D eigenvalue weighted by Gasteiger charge is 2.16. The third kappa shape index (κ3) is 1.61. The van der Waals surface area contributed by atoms with Crippen molar-refractivity contribution in [3.05, 3.63) is 24.9 Å². The fourth-order valence-electron chi connectivity index (χ4n) is 1.13. The molecule has 0 aromatic rings. The van der Waals surface area contributed by atoms with Crippen molar-refractivity contribution in [1.82, 2.24) is 0 Å². The Morgan fingerprint density at radius 1 is 1.92 bits per heavy atom. The summed E-state index contributed by atoms with van der Waals surface area (Å²) in [4.78, 5) is 8.05. The van der Waals surface area contributed by atoms with Gasteiger partial charge in [-0.2, -0.15) is 0 Å². The molecule has 0 aromatic carbocycles. The van der Waals surface area contributed by atoms with Gasteiger partial charge in [-0.15, -0.1) is 6.58 Å². The highest BCUT2D eigenvalue weighted by atomic mass is 14.9. The summed E-state index contributed by atoms with van der Waals surface area (Å²) in [5.41, 5.74) is 6.48. The van der Waals surface area contributed by atoms with Gasteiger partial charge in [0.2, 0.25) is 0 Å². The van der Waals surface area contributed by atoms with Gasteiger partial charge in [-0.25, -0.2) is 0 Å². The molecule has 1 aliphatic heterocycles. The second kappa shape index (κ2) is 3.85. The van der Waals surface area contributed by atoms with Crippen molar-refractivity contribution in [2.24, 2.45) is 21.6 Å². The van der Waals surface area contributed by atoms with Crippen LogP contribution in [0.2, 0.25) is 0 Å². The minimum atomic E-state index is 0.221. The Labute approximate surface area is 72.4 Å². The van der Waals surface area contributed by atoms with Crippen LogP contribution in [0.1, 0.15) is 6.42 Å². The van der Waals surface area contributed by atoms with Gasteiger partial charge in [0, 0.05) is 19.2 Å². The van der Waals surface area contributed by atoms with E-state index in [-0.39, 0.29) is 5.92 Å². The first-order chi connectivity index (χ1) is 5.79. The quantitative estimate of drug-likeness (QED) is 0.370. The Morgan fingerprint density at radius 2 is 2.67 bits per heavy atom. The van der Waals surface area contributed by atoms with Crippen molar-refractivity contribution in [3.63, 3.8) is 0 Å². The largest absolute Gasteiger partial charge is 0.382 e. The van der Waals surface area contributed by atoms with Gasteiger partial charge in [0.25, 0.3) is 0 Å². The number of nitrogens with two attached hydrogens (primary N) is 1. The van der Waals surface area contributed by atoms with Crippen molar-refractivity contribution in [2.45, 2.75) is 6.42 Å². The molecule has 0 radical (unpaired) electrons. The maximum Gasteiger partial charge on any atom is 0.140 e. The molecule has 1 unspecified atom stereocenters. The zero-order valence-corrected chi connectivity index (χ0v) is 7.20. The van der Waals surface area contributed by atoms with E-state index in [1.165, 1.54) is 0 Å². The summed E-state index contributed by atoms with van der Waals surface area (Å²) in [6, 6.07) is 0. The van der Waals surface area contributed by atoms with Crippen LogP contribution in [0.15, 0.2) is 34.9 Å². The van der Waals surface area contributed by atoms with Crippen LogP contribution in [0.3, 0.4) is 0 Å². The molecule has 0 saturated heterocycles. The monoisotopic (exact) mass is 163 g/mol. The second-order valence-electron chi connectivity index (χ2n) is 2.59. The SMILES string of the molecule is C=CC1CC=CN=C1C(N)=NC. The van der Waals surface area contributed by atoms with Gasteiger partial charge < -0.3 is 5.73 Å². The third-order valence-corrected chi connectivity index (χ3v) is 1.85. The maximum atomic E-state index is 5.65. The lowest BCUT2D eigenvalue weighted by Gasteiger charge is -2.15. The highest BCUT2D eigenvalue weighted by molar-refractivity contribution is 6.42. The summed E-state index contributed by atoms with van der Waals surface area (Å²) in [6.07, 6.45) is 6.52. The molecule has 3 heteroatoms. The van der Waals surface area contributed by atoms with E-state index in [0.29, 0.717) is 5.84 Å². The van der Waals surface area contributed by atoms with Gasteiger partial charge in [0.05, 0.1) is 5.71 Å². The first-order valence-corrected chi connectivity index (χ1v) is 3.87. The van der Waals surface area contributed by atoms with E-state index in [1.807, 2.05) is 12.2 Å². The molecule has 2 N–H and O–H groups in total. The summed E-state index contributed by atoms with van der Waals surface area (Å²) in [6.45, 7) is 3.73. The number of rotatable bonds is 2. The fraction of sp³-hybridized carbons (Fsp3) is 0.333. The first kappa shape index (κ1) is 8.71. The Kier molecular flexibility index (Phi) is 2.80. The number of allylic oxidation sites excluding steroid dienone is 2. The van der Waals surface area contributed by atoms with Crippen LogP contribution >= 0.6 is 0 Å². The Balaban J connectivity index is 2.90. The van der Waals surface area contributed by atoms with Crippen LogP contribution in [0.25, 0.3) is 0 Å². The van der Waals surface area contributed by atoms with Crippen LogP contribution in [-0.2, 0) is 0 Å². The zero-order valence-electron chi connectivity index (χ0n) is 7.20. The summed E-state index contributed by atoms with van der Waals surface area (Å²) >= 11 is 0.